The number of hydrogen-bond acceptors (Lipinski definition) is 10. The van der Waals surface area contributed by atoms with Gasteiger partial charge in [0.25, 0.3) is 10.0 Å². The van der Waals surface area contributed by atoms with Crippen molar-refractivity contribution in [1.29, 1.82) is 0 Å². The van der Waals surface area contributed by atoms with Crippen molar-refractivity contribution in [2.24, 2.45) is 0 Å². The van der Waals surface area contributed by atoms with Gasteiger partial charge in [-0.3, -0.25) is 14.3 Å². The molecule has 42 heavy (non-hydrogen) atoms. The lowest BCUT2D eigenvalue weighted by atomic mass is 10.2. The number of allylic oxidation sites excluding steroid dienone is 1. The van der Waals surface area contributed by atoms with Gasteiger partial charge >= 0.3 is 0 Å². The van der Waals surface area contributed by atoms with E-state index in [1.807, 2.05) is 4.90 Å². The predicted octanol–water partition coefficient (Wildman–Crippen LogP) is 2.09. The highest BCUT2D eigenvalue weighted by Crippen LogP contribution is 2.30. The maximum absolute atomic E-state index is 14.2. The van der Waals surface area contributed by atoms with Crippen molar-refractivity contribution in [3.8, 4) is 11.6 Å². The lowest BCUT2D eigenvalue weighted by Crippen LogP contribution is -2.48. The normalized spacial score (nSPS) is 14.0. The van der Waals surface area contributed by atoms with E-state index < -0.39 is 26.6 Å². The van der Waals surface area contributed by atoms with E-state index in [9.17, 15) is 26.8 Å². The van der Waals surface area contributed by atoms with Crippen LogP contribution < -0.4 is 14.4 Å². The summed E-state index contributed by atoms with van der Waals surface area (Å²) in [5.41, 5.74) is 0.572. The highest BCUT2D eigenvalue weighted by molar-refractivity contribution is 7.92. The van der Waals surface area contributed by atoms with Gasteiger partial charge in [-0.15, -0.1) is 5.10 Å². The molecule has 218 valence electrons. The van der Waals surface area contributed by atoms with E-state index >= 15 is 0 Å². The maximum Gasteiger partial charge on any atom is 0.264 e. The average Bonchev–Trinajstić information content (AvgIpc) is 3.40. The molecule has 0 radical (unpaired) electrons. The molecule has 4 heterocycles. The third kappa shape index (κ3) is 5.88. The van der Waals surface area contributed by atoms with E-state index in [-0.39, 0.29) is 23.3 Å². The fourth-order valence-electron chi connectivity index (χ4n) is 4.34. The number of sulfonamides is 1. The zero-order valence-electron chi connectivity index (χ0n) is 22.4. The number of fused-ring (bicyclic) bond motifs is 1. The lowest BCUT2D eigenvalue weighted by Gasteiger charge is -2.35. The standard InChI is InChI=1S/C26H24F2N8O5S/c1-16(37)3-6-23(38)34-7-9-35(10-8-34)25-19-14-36(32-24(19)30-15-31-25)18-12-21(26(41-2)29-13-18)33-42(39,40)22-5-4-17(27)11-20(22)28/h3-6,11-15,33H,7-10H2,1-2H3. The average molecular weight is 599 g/mol. The van der Waals surface area contributed by atoms with E-state index in [1.165, 1.54) is 49.5 Å². The van der Waals surface area contributed by atoms with Crippen LogP contribution in [0.15, 0.2) is 60.0 Å². The quantitative estimate of drug-likeness (QED) is 0.299. The van der Waals surface area contributed by atoms with Gasteiger partial charge < -0.3 is 14.5 Å². The molecule has 0 unspecified atom stereocenters. The fraction of sp³-hybridized carbons (Fsp3) is 0.231. The van der Waals surface area contributed by atoms with E-state index in [0.29, 0.717) is 54.8 Å². The predicted molar refractivity (Wildman–Crippen MR) is 147 cm³/mol. The second kappa shape index (κ2) is 11.5. The molecule has 1 aliphatic rings. The number of piperazine rings is 1. The Kier molecular flexibility index (Phi) is 7.80. The molecule has 13 nitrogen and oxygen atoms in total. The number of carbonyl (C=O) groups is 2. The first-order chi connectivity index (χ1) is 20.1. The minimum Gasteiger partial charge on any atom is -0.479 e. The van der Waals surface area contributed by atoms with Crippen LogP contribution in [0, 0.1) is 11.6 Å². The van der Waals surface area contributed by atoms with Gasteiger partial charge in [0.1, 0.15) is 34.4 Å². The van der Waals surface area contributed by atoms with Crippen molar-refractivity contribution in [1.82, 2.24) is 29.6 Å². The number of rotatable bonds is 8. The monoisotopic (exact) mass is 598 g/mol. The summed E-state index contributed by atoms with van der Waals surface area (Å²) in [6.45, 7) is 3.17. The van der Waals surface area contributed by atoms with Crippen LogP contribution in [-0.2, 0) is 19.6 Å². The Labute approximate surface area is 238 Å². The molecule has 1 fully saturated rings. The fourth-order valence-corrected chi connectivity index (χ4v) is 5.45. The number of benzene rings is 1. The molecule has 5 rings (SSSR count). The molecule has 1 saturated heterocycles. The number of nitrogens with one attached hydrogen (secondary N) is 1. The van der Waals surface area contributed by atoms with Crippen LogP contribution in [-0.4, -0.2) is 83.0 Å². The van der Waals surface area contributed by atoms with Crippen LogP contribution in [0.2, 0.25) is 0 Å². The van der Waals surface area contributed by atoms with Crippen LogP contribution in [0.3, 0.4) is 0 Å². The number of anilines is 2. The molecule has 1 aromatic carbocycles. The number of ketones is 1. The molecule has 16 heteroatoms. The number of pyridine rings is 1. The topological polar surface area (TPSA) is 153 Å². The van der Waals surface area contributed by atoms with Crippen LogP contribution in [0.25, 0.3) is 16.7 Å². The molecule has 0 bridgehead atoms. The molecule has 0 aliphatic carbocycles. The van der Waals surface area contributed by atoms with Crippen molar-refractivity contribution in [3.05, 3.63) is 66.8 Å². The van der Waals surface area contributed by atoms with Gasteiger partial charge in [0.15, 0.2) is 11.4 Å². The number of amides is 1. The highest BCUT2D eigenvalue weighted by Gasteiger charge is 2.25. The van der Waals surface area contributed by atoms with Crippen LogP contribution in [0.5, 0.6) is 5.88 Å². The SMILES string of the molecule is COc1ncc(-n2cc3c(N4CCN(C(=O)C=CC(C)=O)CC4)ncnc3n2)cc1NS(=O)(=O)c1ccc(F)cc1F. The summed E-state index contributed by atoms with van der Waals surface area (Å²) < 4.78 is 62.2. The Morgan fingerprint density at radius 3 is 2.50 bits per heavy atom. The Bertz CT molecular complexity index is 1820. The Balaban J connectivity index is 1.41. The number of nitrogens with zero attached hydrogens (tertiary/aromatic N) is 7. The third-order valence-corrected chi connectivity index (χ3v) is 7.77. The van der Waals surface area contributed by atoms with E-state index in [1.54, 1.807) is 11.1 Å². The molecule has 1 amide bonds. The van der Waals surface area contributed by atoms with Crippen LogP contribution in [0.1, 0.15) is 6.92 Å². The van der Waals surface area contributed by atoms with E-state index in [2.05, 4.69) is 24.8 Å². The van der Waals surface area contributed by atoms with Crippen molar-refractivity contribution in [3.63, 3.8) is 0 Å². The van der Waals surface area contributed by atoms with Gasteiger partial charge in [-0.05, 0) is 31.2 Å². The summed E-state index contributed by atoms with van der Waals surface area (Å²) in [4.78, 5) is 39.1. The van der Waals surface area contributed by atoms with Crippen LogP contribution >= 0.6 is 0 Å². The first-order valence-corrected chi connectivity index (χ1v) is 14.0. The molecular weight excluding hydrogens is 574 g/mol. The highest BCUT2D eigenvalue weighted by atomic mass is 32.2. The molecular formula is C26H24F2N8O5S. The largest absolute Gasteiger partial charge is 0.479 e. The number of carbonyl (C=O) groups excluding carboxylic acids is 2. The van der Waals surface area contributed by atoms with Gasteiger partial charge in [0.05, 0.1) is 24.4 Å². The maximum atomic E-state index is 14.2. The first-order valence-electron chi connectivity index (χ1n) is 12.5. The summed E-state index contributed by atoms with van der Waals surface area (Å²) in [6.07, 6.45) is 6.91. The van der Waals surface area contributed by atoms with Gasteiger partial charge in [0.2, 0.25) is 11.8 Å². The summed E-state index contributed by atoms with van der Waals surface area (Å²) >= 11 is 0. The number of hydrogen-bond donors (Lipinski definition) is 1. The Hall–Kier alpha value is -4.99. The second-order valence-electron chi connectivity index (χ2n) is 9.20. The Morgan fingerprint density at radius 2 is 1.81 bits per heavy atom. The smallest absolute Gasteiger partial charge is 0.264 e. The molecule has 0 saturated carbocycles. The number of halogens is 2. The molecule has 0 spiro atoms. The van der Waals surface area contributed by atoms with Gasteiger partial charge in [-0.2, -0.15) is 0 Å². The summed E-state index contributed by atoms with van der Waals surface area (Å²) in [6, 6.07) is 3.51. The van der Waals surface area contributed by atoms with E-state index in [4.69, 9.17) is 4.74 Å². The number of methoxy groups -OCH3 is 1. The first kappa shape index (κ1) is 28.5. The molecule has 0 atom stereocenters. The number of aromatic nitrogens is 5. The minimum atomic E-state index is -4.48. The van der Waals surface area contributed by atoms with Crippen molar-refractivity contribution < 1.29 is 31.5 Å². The number of ether oxygens (including phenoxy) is 1. The molecule has 1 aliphatic heterocycles. The van der Waals surface area contributed by atoms with Crippen molar-refractivity contribution in [2.75, 3.05) is 42.9 Å². The molecule has 3 aromatic heterocycles. The van der Waals surface area contributed by atoms with Gasteiger partial charge in [-0.25, -0.2) is 36.8 Å². The zero-order chi connectivity index (χ0) is 30.0. The van der Waals surface area contributed by atoms with Crippen molar-refractivity contribution in [2.45, 2.75) is 11.8 Å². The second-order valence-corrected chi connectivity index (χ2v) is 10.8. The van der Waals surface area contributed by atoms with Crippen molar-refractivity contribution >= 4 is 44.3 Å². The molecule has 1 N–H and O–H groups in total. The summed E-state index contributed by atoms with van der Waals surface area (Å²) in [7, 11) is -3.19. The van der Waals surface area contributed by atoms with Gasteiger partial charge in [-0.1, -0.05) is 0 Å². The minimum absolute atomic E-state index is 0.0902. The Morgan fingerprint density at radius 1 is 1.05 bits per heavy atom. The lowest BCUT2D eigenvalue weighted by molar-refractivity contribution is -0.126. The molecule has 4 aromatic rings. The van der Waals surface area contributed by atoms with E-state index in [0.717, 1.165) is 12.1 Å². The third-order valence-electron chi connectivity index (χ3n) is 6.37. The van der Waals surface area contributed by atoms with Gasteiger partial charge in [0, 0.05) is 44.5 Å². The van der Waals surface area contributed by atoms with Crippen LogP contribution in [0.4, 0.5) is 20.3 Å². The zero-order valence-corrected chi connectivity index (χ0v) is 23.2. The summed E-state index contributed by atoms with van der Waals surface area (Å²) in [5, 5.41) is 5.07. The summed E-state index contributed by atoms with van der Waals surface area (Å²) in [5.74, 6) is -2.13.